The van der Waals surface area contributed by atoms with Crippen molar-refractivity contribution in [2.45, 2.75) is 27.2 Å². The van der Waals surface area contributed by atoms with Gasteiger partial charge in [-0.05, 0) is 11.8 Å². The van der Waals surface area contributed by atoms with E-state index in [9.17, 15) is 9.59 Å². The van der Waals surface area contributed by atoms with E-state index in [-0.39, 0.29) is 11.8 Å². The van der Waals surface area contributed by atoms with Gasteiger partial charge in [-0.1, -0.05) is 26.8 Å². The molecule has 2 atom stereocenters. The molecule has 0 bridgehead atoms. The molecule has 0 spiro atoms. The Hall–Kier alpha value is -1.32. The van der Waals surface area contributed by atoms with E-state index in [2.05, 4.69) is 6.58 Å². The van der Waals surface area contributed by atoms with Gasteiger partial charge in [0, 0.05) is 13.1 Å². The van der Waals surface area contributed by atoms with Crippen molar-refractivity contribution in [1.82, 2.24) is 4.90 Å². The van der Waals surface area contributed by atoms with Crippen molar-refractivity contribution in [2.75, 3.05) is 13.1 Å². The summed E-state index contributed by atoms with van der Waals surface area (Å²) in [5.41, 5.74) is -0.421. The van der Waals surface area contributed by atoms with Crippen molar-refractivity contribution >= 4 is 11.9 Å². The van der Waals surface area contributed by atoms with E-state index in [1.807, 2.05) is 20.8 Å². The fraction of sp³-hybridized carbons (Fsp3) is 0.692. The number of carbonyl (C=O) groups is 2. The third kappa shape index (κ3) is 2.51. The largest absolute Gasteiger partial charge is 0.481 e. The zero-order valence-corrected chi connectivity index (χ0v) is 10.8. The van der Waals surface area contributed by atoms with Gasteiger partial charge in [-0.25, -0.2) is 0 Å². The van der Waals surface area contributed by atoms with Crippen molar-refractivity contribution in [3.63, 3.8) is 0 Å². The maximum atomic E-state index is 12.2. The number of rotatable bonds is 6. The van der Waals surface area contributed by atoms with E-state index in [1.165, 1.54) is 0 Å². The minimum atomic E-state index is -0.872. The molecule has 1 saturated carbocycles. The molecule has 0 heterocycles. The SMILES string of the molecule is C=CCN(CCC)C(=O)C1C(C(=O)O)C1(C)C. The van der Waals surface area contributed by atoms with Gasteiger partial charge in [-0.3, -0.25) is 9.59 Å². The topological polar surface area (TPSA) is 57.6 Å². The van der Waals surface area contributed by atoms with Crippen LogP contribution in [0.25, 0.3) is 0 Å². The first-order chi connectivity index (χ1) is 7.87. The molecular weight excluding hydrogens is 218 g/mol. The standard InChI is InChI=1S/C13H21NO3/c1-5-7-14(8-6-2)11(15)9-10(12(16)17)13(9,3)4/h5,9-10H,1,6-8H2,2-4H3,(H,16,17). The zero-order chi connectivity index (χ0) is 13.2. The molecule has 1 amide bonds. The van der Waals surface area contributed by atoms with Gasteiger partial charge in [-0.15, -0.1) is 6.58 Å². The van der Waals surface area contributed by atoms with Crippen LogP contribution in [0.15, 0.2) is 12.7 Å². The van der Waals surface area contributed by atoms with Gasteiger partial charge in [0.25, 0.3) is 0 Å². The molecule has 2 unspecified atom stereocenters. The lowest BCUT2D eigenvalue weighted by molar-refractivity contribution is -0.142. The van der Waals surface area contributed by atoms with Crippen molar-refractivity contribution in [3.05, 3.63) is 12.7 Å². The Labute approximate surface area is 102 Å². The summed E-state index contributed by atoms with van der Waals surface area (Å²) in [4.78, 5) is 25.0. The van der Waals surface area contributed by atoms with E-state index >= 15 is 0 Å². The Balaban J connectivity index is 2.76. The predicted molar refractivity (Wildman–Crippen MR) is 65.5 cm³/mol. The number of hydrogen-bond acceptors (Lipinski definition) is 2. The quantitative estimate of drug-likeness (QED) is 0.719. The highest BCUT2D eigenvalue weighted by molar-refractivity contribution is 5.91. The van der Waals surface area contributed by atoms with Crippen LogP contribution in [0.5, 0.6) is 0 Å². The van der Waals surface area contributed by atoms with Crippen LogP contribution in [-0.2, 0) is 9.59 Å². The molecule has 0 radical (unpaired) electrons. The average Bonchev–Trinajstić information content (AvgIpc) is 2.80. The fourth-order valence-electron chi connectivity index (χ4n) is 2.47. The molecule has 0 aliphatic heterocycles. The molecule has 96 valence electrons. The first-order valence-corrected chi connectivity index (χ1v) is 6.00. The number of nitrogens with zero attached hydrogens (tertiary/aromatic N) is 1. The highest BCUT2D eigenvalue weighted by Gasteiger charge is 2.66. The summed E-state index contributed by atoms with van der Waals surface area (Å²) in [5, 5.41) is 9.06. The fourth-order valence-corrected chi connectivity index (χ4v) is 2.47. The first-order valence-electron chi connectivity index (χ1n) is 6.00. The molecule has 1 fully saturated rings. The van der Waals surface area contributed by atoms with Crippen LogP contribution in [0.4, 0.5) is 0 Å². The van der Waals surface area contributed by atoms with Crippen LogP contribution >= 0.6 is 0 Å². The van der Waals surface area contributed by atoms with E-state index in [0.29, 0.717) is 13.1 Å². The highest BCUT2D eigenvalue weighted by atomic mass is 16.4. The summed E-state index contributed by atoms with van der Waals surface area (Å²) in [5.74, 6) is -1.85. The molecule has 17 heavy (non-hydrogen) atoms. The molecule has 4 nitrogen and oxygen atoms in total. The molecule has 0 aromatic rings. The Bertz CT molecular complexity index is 336. The third-order valence-corrected chi connectivity index (χ3v) is 3.51. The summed E-state index contributed by atoms with van der Waals surface area (Å²) >= 11 is 0. The number of carboxylic acids is 1. The van der Waals surface area contributed by atoms with Crippen molar-refractivity contribution in [3.8, 4) is 0 Å². The Morgan fingerprint density at radius 2 is 2.00 bits per heavy atom. The van der Waals surface area contributed by atoms with Crippen molar-refractivity contribution in [2.24, 2.45) is 17.3 Å². The lowest BCUT2D eigenvalue weighted by Gasteiger charge is -2.21. The Morgan fingerprint density at radius 1 is 1.41 bits per heavy atom. The number of carboxylic acid groups (broad SMARTS) is 1. The van der Waals surface area contributed by atoms with Crippen LogP contribution < -0.4 is 0 Å². The number of carbonyl (C=O) groups excluding carboxylic acids is 1. The average molecular weight is 239 g/mol. The summed E-state index contributed by atoms with van der Waals surface area (Å²) in [6.07, 6.45) is 2.54. The van der Waals surface area contributed by atoms with Crippen molar-refractivity contribution in [1.29, 1.82) is 0 Å². The predicted octanol–water partition coefficient (Wildman–Crippen LogP) is 1.77. The van der Waals surface area contributed by atoms with Gasteiger partial charge in [0.2, 0.25) is 5.91 Å². The smallest absolute Gasteiger partial charge is 0.307 e. The second-order valence-corrected chi connectivity index (χ2v) is 5.19. The lowest BCUT2D eigenvalue weighted by atomic mass is 10.1. The van der Waals surface area contributed by atoms with E-state index in [1.54, 1.807) is 11.0 Å². The molecular formula is C13H21NO3. The van der Waals surface area contributed by atoms with Gasteiger partial charge < -0.3 is 10.0 Å². The third-order valence-electron chi connectivity index (χ3n) is 3.51. The summed E-state index contributed by atoms with van der Waals surface area (Å²) in [7, 11) is 0. The second kappa shape index (κ2) is 4.90. The molecule has 0 saturated heterocycles. The molecule has 1 rings (SSSR count). The van der Waals surface area contributed by atoms with Crippen LogP contribution in [0, 0.1) is 17.3 Å². The van der Waals surface area contributed by atoms with Gasteiger partial charge in [0.15, 0.2) is 0 Å². The minimum absolute atomic E-state index is 0.0517. The monoisotopic (exact) mass is 239 g/mol. The molecule has 1 N–H and O–H groups in total. The van der Waals surface area contributed by atoms with E-state index < -0.39 is 17.3 Å². The molecule has 1 aliphatic carbocycles. The van der Waals surface area contributed by atoms with Crippen LogP contribution in [0.3, 0.4) is 0 Å². The number of aliphatic carboxylic acids is 1. The normalized spacial score (nSPS) is 25.1. The molecule has 0 aromatic heterocycles. The van der Waals surface area contributed by atoms with Gasteiger partial charge in [0.1, 0.15) is 0 Å². The van der Waals surface area contributed by atoms with Gasteiger partial charge in [0.05, 0.1) is 11.8 Å². The lowest BCUT2D eigenvalue weighted by Crippen LogP contribution is -2.34. The Kier molecular flexibility index (Phi) is 3.96. The summed E-state index contributed by atoms with van der Waals surface area (Å²) in [6.45, 7) is 10.4. The van der Waals surface area contributed by atoms with Crippen LogP contribution in [0.1, 0.15) is 27.2 Å². The molecule has 0 aromatic carbocycles. The summed E-state index contributed by atoms with van der Waals surface area (Å²) < 4.78 is 0. The number of hydrogen-bond donors (Lipinski definition) is 1. The summed E-state index contributed by atoms with van der Waals surface area (Å²) in [6, 6.07) is 0. The van der Waals surface area contributed by atoms with Crippen LogP contribution in [-0.4, -0.2) is 35.0 Å². The molecule has 1 aliphatic rings. The maximum Gasteiger partial charge on any atom is 0.307 e. The zero-order valence-electron chi connectivity index (χ0n) is 10.8. The van der Waals surface area contributed by atoms with Crippen LogP contribution in [0.2, 0.25) is 0 Å². The minimum Gasteiger partial charge on any atom is -0.481 e. The number of amides is 1. The van der Waals surface area contributed by atoms with E-state index in [4.69, 9.17) is 5.11 Å². The highest BCUT2D eigenvalue weighted by Crippen LogP contribution is 2.59. The Morgan fingerprint density at radius 3 is 2.35 bits per heavy atom. The molecule has 4 heteroatoms. The first kappa shape index (κ1) is 13.7. The second-order valence-electron chi connectivity index (χ2n) is 5.19. The van der Waals surface area contributed by atoms with Crippen molar-refractivity contribution < 1.29 is 14.7 Å². The van der Waals surface area contributed by atoms with E-state index in [0.717, 1.165) is 6.42 Å². The van der Waals surface area contributed by atoms with Gasteiger partial charge >= 0.3 is 5.97 Å². The van der Waals surface area contributed by atoms with Gasteiger partial charge in [-0.2, -0.15) is 0 Å². The maximum absolute atomic E-state index is 12.2.